The lowest BCUT2D eigenvalue weighted by Gasteiger charge is -2.32. The molecule has 102 valence electrons. The zero-order valence-corrected chi connectivity index (χ0v) is 9.39. The fourth-order valence-electron chi connectivity index (χ4n) is 1.80. The summed E-state index contributed by atoms with van der Waals surface area (Å²) in [5.41, 5.74) is -1.03. The Hall–Kier alpha value is -1.88. The summed E-state index contributed by atoms with van der Waals surface area (Å²) >= 11 is 0. The van der Waals surface area contributed by atoms with E-state index in [9.17, 15) is 22.0 Å². The number of rotatable bonds is 1. The maximum Gasteiger partial charge on any atom is 0.200 e. The Kier molecular flexibility index (Phi) is 3.57. The minimum atomic E-state index is -2.20. The predicted molar refractivity (Wildman–Crippen MR) is 53.8 cm³/mol. The number of morpholine rings is 1. The molecule has 1 atom stereocenters. The molecule has 0 saturated carbocycles. The Morgan fingerprint density at radius 1 is 1.00 bits per heavy atom. The van der Waals surface area contributed by atoms with Crippen LogP contribution >= 0.6 is 0 Å². The first-order valence-electron chi connectivity index (χ1n) is 5.25. The summed E-state index contributed by atoms with van der Waals surface area (Å²) in [5.74, 6) is -10.0. The molecule has 19 heavy (non-hydrogen) atoms. The fourth-order valence-corrected chi connectivity index (χ4v) is 1.80. The van der Waals surface area contributed by atoms with Crippen molar-refractivity contribution in [3.05, 3.63) is 29.1 Å². The molecule has 3 nitrogen and oxygen atoms in total. The summed E-state index contributed by atoms with van der Waals surface area (Å²) in [5, 5.41) is 8.65. The maximum absolute atomic E-state index is 13.5. The van der Waals surface area contributed by atoms with E-state index < -0.39 is 40.9 Å². The first kappa shape index (κ1) is 13.5. The summed E-state index contributed by atoms with van der Waals surface area (Å²) in [6.07, 6.45) is -0.983. The molecule has 8 heteroatoms. The van der Waals surface area contributed by atoms with Gasteiger partial charge >= 0.3 is 0 Å². The summed E-state index contributed by atoms with van der Waals surface area (Å²) in [6, 6.07) is 1.71. The van der Waals surface area contributed by atoms with E-state index in [0.717, 1.165) is 4.90 Å². The van der Waals surface area contributed by atoms with Gasteiger partial charge in [-0.25, -0.2) is 22.0 Å². The van der Waals surface area contributed by atoms with Crippen molar-refractivity contribution in [1.29, 1.82) is 5.26 Å². The van der Waals surface area contributed by atoms with Crippen molar-refractivity contribution in [3.63, 3.8) is 0 Å². The van der Waals surface area contributed by atoms with Crippen molar-refractivity contribution in [1.82, 2.24) is 0 Å². The number of benzene rings is 1. The smallest absolute Gasteiger partial charge is 0.200 e. The van der Waals surface area contributed by atoms with Gasteiger partial charge in [0.1, 0.15) is 5.69 Å². The Morgan fingerprint density at radius 3 is 2.05 bits per heavy atom. The Bertz CT molecular complexity index is 528. The van der Waals surface area contributed by atoms with Crippen molar-refractivity contribution in [3.8, 4) is 6.07 Å². The van der Waals surface area contributed by atoms with E-state index in [2.05, 4.69) is 0 Å². The molecule has 1 unspecified atom stereocenters. The molecule has 0 N–H and O–H groups in total. The van der Waals surface area contributed by atoms with Gasteiger partial charge in [-0.2, -0.15) is 5.26 Å². The number of hydrogen-bond acceptors (Lipinski definition) is 3. The van der Waals surface area contributed by atoms with E-state index in [1.807, 2.05) is 0 Å². The molecule has 1 heterocycles. The molecule has 1 saturated heterocycles. The quantitative estimate of drug-likeness (QED) is 0.448. The molecule has 0 amide bonds. The second kappa shape index (κ2) is 5.01. The van der Waals surface area contributed by atoms with Crippen molar-refractivity contribution >= 4 is 5.69 Å². The molecule has 1 aromatic rings. The molecule has 1 fully saturated rings. The number of hydrogen-bond donors (Lipinski definition) is 0. The van der Waals surface area contributed by atoms with Crippen molar-refractivity contribution < 1.29 is 26.7 Å². The van der Waals surface area contributed by atoms with Crippen molar-refractivity contribution in [2.45, 2.75) is 6.10 Å². The van der Waals surface area contributed by atoms with Gasteiger partial charge in [-0.3, -0.25) is 0 Å². The van der Waals surface area contributed by atoms with Crippen molar-refractivity contribution in [2.75, 3.05) is 24.6 Å². The maximum atomic E-state index is 13.5. The van der Waals surface area contributed by atoms with Gasteiger partial charge in [0.25, 0.3) is 0 Å². The Morgan fingerprint density at radius 2 is 1.53 bits per heavy atom. The first-order valence-corrected chi connectivity index (χ1v) is 5.25. The van der Waals surface area contributed by atoms with Gasteiger partial charge in [-0.15, -0.1) is 0 Å². The van der Waals surface area contributed by atoms with E-state index in [4.69, 9.17) is 10.00 Å². The van der Waals surface area contributed by atoms with Gasteiger partial charge < -0.3 is 9.64 Å². The molecule has 0 radical (unpaired) electrons. The second-order valence-corrected chi connectivity index (χ2v) is 3.85. The third-order valence-electron chi connectivity index (χ3n) is 2.71. The molecule has 0 aliphatic carbocycles. The number of anilines is 1. The van der Waals surface area contributed by atoms with Crippen LogP contribution in [0.5, 0.6) is 0 Å². The van der Waals surface area contributed by atoms with Gasteiger partial charge in [0, 0.05) is 6.54 Å². The average Bonchev–Trinajstić information content (AvgIpc) is 2.43. The summed E-state index contributed by atoms with van der Waals surface area (Å²) in [7, 11) is 0. The molecule has 0 aromatic heterocycles. The highest BCUT2D eigenvalue weighted by Gasteiger charge is 2.31. The van der Waals surface area contributed by atoms with Gasteiger partial charge in [-0.05, 0) is 0 Å². The second-order valence-electron chi connectivity index (χ2n) is 3.85. The van der Waals surface area contributed by atoms with Crippen LogP contribution in [0, 0.1) is 40.4 Å². The normalized spacial score (nSPS) is 19.4. The summed E-state index contributed by atoms with van der Waals surface area (Å²) in [4.78, 5) is 0.910. The molecule has 0 bridgehead atoms. The zero-order valence-electron chi connectivity index (χ0n) is 9.39. The molecule has 1 aromatic carbocycles. The third kappa shape index (κ3) is 2.21. The molecular formula is C11H7F5N2O. The van der Waals surface area contributed by atoms with Crippen LogP contribution < -0.4 is 4.90 Å². The number of nitrogens with zero attached hydrogens (tertiary/aromatic N) is 2. The lowest BCUT2D eigenvalue weighted by molar-refractivity contribution is 0.0757. The van der Waals surface area contributed by atoms with Crippen LogP contribution in [0.15, 0.2) is 0 Å². The molecule has 1 aliphatic rings. The first-order chi connectivity index (χ1) is 8.97. The highest BCUT2D eigenvalue weighted by atomic mass is 19.2. The summed E-state index contributed by atoms with van der Waals surface area (Å²) < 4.78 is 71.0. The van der Waals surface area contributed by atoms with Crippen LogP contribution in [-0.2, 0) is 4.74 Å². The number of halogens is 5. The lowest BCUT2D eigenvalue weighted by atomic mass is 10.2. The van der Waals surface area contributed by atoms with E-state index in [-0.39, 0.29) is 19.7 Å². The largest absolute Gasteiger partial charge is 0.361 e. The Labute approximate surface area is 104 Å². The summed E-state index contributed by atoms with van der Waals surface area (Å²) in [6.45, 7) is -0.386. The molecule has 2 rings (SSSR count). The van der Waals surface area contributed by atoms with Crippen LogP contribution in [-0.4, -0.2) is 25.8 Å². The Balaban J connectivity index is 2.48. The minimum absolute atomic E-state index is 0.0439. The number of nitriles is 1. The highest BCUT2D eigenvalue weighted by Crippen LogP contribution is 2.31. The van der Waals surface area contributed by atoms with Gasteiger partial charge in [0.05, 0.1) is 19.2 Å². The third-order valence-corrected chi connectivity index (χ3v) is 2.71. The standard InChI is InChI=1S/C11H7F5N2O/c12-6-7(13)9(15)11(10(16)8(6)14)18-1-2-19-5(3-17)4-18/h5H,1-2,4H2. The van der Waals surface area contributed by atoms with Gasteiger partial charge in [0.15, 0.2) is 29.4 Å². The van der Waals surface area contributed by atoms with Crippen LogP contribution in [0.3, 0.4) is 0 Å². The fraction of sp³-hybridized carbons (Fsp3) is 0.364. The van der Waals surface area contributed by atoms with Gasteiger partial charge in [-0.1, -0.05) is 0 Å². The molecule has 0 spiro atoms. The monoisotopic (exact) mass is 278 g/mol. The van der Waals surface area contributed by atoms with E-state index >= 15 is 0 Å². The van der Waals surface area contributed by atoms with Crippen molar-refractivity contribution in [2.24, 2.45) is 0 Å². The topological polar surface area (TPSA) is 36.3 Å². The van der Waals surface area contributed by atoms with Crippen LogP contribution in [0.2, 0.25) is 0 Å². The minimum Gasteiger partial charge on any atom is -0.361 e. The van der Waals surface area contributed by atoms with E-state index in [0.29, 0.717) is 0 Å². The van der Waals surface area contributed by atoms with E-state index in [1.165, 1.54) is 0 Å². The van der Waals surface area contributed by atoms with E-state index in [1.54, 1.807) is 6.07 Å². The predicted octanol–water partition coefficient (Wildman–Crippen LogP) is 2.11. The number of ether oxygens (including phenoxy) is 1. The molecular weight excluding hydrogens is 271 g/mol. The molecule has 1 aliphatic heterocycles. The van der Waals surface area contributed by atoms with Crippen LogP contribution in [0.1, 0.15) is 0 Å². The van der Waals surface area contributed by atoms with Gasteiger partial charge in [0.2, 0.25) is 5.82 Å². The lowest BCUT2D eigenvalue weighted by Crippen LogP contribution is -2.43. The zero-order chi connectivity index (χ0) is 14.2. The highest BCUT2D eigenvalue weighted by molar-refractivity contribution is 5.51. The van der Waals surface area contributed by atoms with Crippen LogP contribution in [0.4, 0.5) is 27.6 Å². The SMILES string of the molecule is N#CC1CN(c2c(F)c(F)c(F)c(F)c2F)CCO1. The average molecular weight is 278 g/mol. The van der Waals surface area contributed by atoms with Crippen LogP contribution in [0.25, 0.3) is 0 Å².